The standard InChI is InChI=1S/C29H31N3O5S/c1-4-36-29(35)25-23-7-5-6-8-24(23)38-28(25)31-27(34)21-13-15-22(16-14-21)37-19(3)26(33)32-30-17-20-11-9-18(2)10-12-20/h9-17,19H,4-8H2,1-3H3,(H,31,34)(H,32,33)/b30-17+. The lowest BCUT2D eigenvalue weighted by Gasteiger charge is -2.13. The minimum atomic E-state index is -0.797. The Kier molecular flexibility index (Phi) is 8.91. The molecule has 198 valence electrons. The van der Waals surface area contributed by atoms with Gasteiger partial charge in [-0.05, 0) is 81.8 Å². The Morgan fingerprint density at radius 1 is 1.05 bits per heavy atom. The Hall–Kier alpha value is -3.98. The molecular formula is C29H31N3O5S. The topological polar surface area (TPSA) is 106 Å². The number of ether oxygens (including phenoxy) is 2. The van der Waals surface area contributed by atoms with Crippen LogP contribution < -0.4 is 15.5 Å². The lowest BCUT2D eigenvalue weighted by molar-refractivity contribution is -0.127. The van der Waals surface area contributed by atoms with Crippen LogP contribution >= 0.6 is 11.3 Å². The molecule has 9 heteroatoms. The van der Waals surface area contributed by atoms with Gasteiger partial charge in [-0.15, -0.1) is 11.3 Å². The average Bonchev–Trinajstić information content (AvgIpc) is 3.28. The summed E-state index contributed by atoms with van der Waals surface area (Å²) in [4.78, 5) is 39.1. The van der Waals surface area contributed by atoms with Gasteiger partial charge < -0.3 is 14.8 Å². The van der Waals surface area contributed by atoms with E-state index in [2.05, 4.69) is 15.8 Å². The molecule has 2 aromatic carbocycles. The quantitative estimate of drug-likeness (QED) is 0.221. The first-order valence-corrected chi connectivity index (χ1v) is 13.5. The highest BCUT2D eigenvalue weighted by Gasteiger charge is 2.27. The Labute approximate surface area is 226 Å². The van der Waals surface area contributed by atoms with E-state index in [-0.39, 0.29) is 12.5 Å². The molecule has 1 aliphatic rings. The molecule has 1 aromatic heterocycles. The number of nitrogens with one attached hydrogen (secondary N) is 2. The van der Waals surface area contributed by atoms with Gasteiger partial charge in [-0.2, -0.15) is 5.10 Å². The van der Waals surface area contributed by atoms with Gasteiger partial charge in [-0.1, -0.05) is 29.8 Å². The molecule has 1 unspecified atom stereocenters. The Morgan fingerprint density at radius 3 is 2.47 bits per heavy atom. The minimum Gasteiger partial charge on any atom is -0.481 e. The average molecular weight is 534 g/mol. The number of amides is 2. The molecule has 38 heavy (non-hydrogen) atoms. The predicted molar refractivity (Wildman–Crippen MR) is 148 cm³/mol. The van der Waals surface area contributed by atoms with Gasteiger partial charge in [0.05, 0.1) is 18.4 Å². The summed E-state index contributed by atoms with van der Waals surface area (Å²) >= 11 is 1.45. The molecule has 0 fully saturated rings. The number of nitrogens with zero attached hydrogens (tertiary/aromatic N) is 1. The lowest BCUT2D eigenvalue weighted by atomic mass is 9.95. The van der Waals surface area contributed by atoms with Crippen molar-refractivity contribution in [3.63, 3.8) is 0 Å². The maximum absolute atomic E-state index is 13.0. The third-order valence-corrected chi connectivity index (χ3v) is 7.35. The highest BCUT2D eigenvalue weighted by atomic mass is 32.1. The monoisotopic (exact) mass is 533 g/mol. The molecule has 0 saturated heterocycles. The molecule has 0 aliphatic heterocycles. The first-order chi connectivity index (χ1) is 18.4. The lowest BCUT2D eigenvalue weighted by Crippen LogP contribution is -2.33. The van der Waals surface area contributed by atoms with Crippen LogP contribution in [-0.2, 0) is 22.4 Å². The number of fused-ring (bicyclic) bond motifs is 1. The van der Waals surface area contributed by atoms with Crippen LogP contribution in [0.3, 0.4) is 0 Å². The number of carbonyl (C=O) groups is 3. The van der Waals surface area contributed by atoms with E-state index in [0.717, 1.165) is 47.3 Å². The van der Waals surface area contributed by atoms with Crippen molar-refractivity contribution in [3.05, 3.63) is 81.2 Å². The zero-order chi connectivity index (χ0) is 27.1. The van der Waals surface area contributed by atoms with Gasteiger partial charge >= 0.3 is 5.97 Å². The first kappa shape index (κ1) is 27.1. The van der Waals surface area contributed by atoms with Gasteiger partial charge in [0.25, 0.3) is 11.8 Å². The predicted octanol–water partition coefficient (Wildman–Crippen LogP) is 5.28. The van der Waals surface area contributed by atoms with Crippen LogP contribution in [0.5, 0.6) is 5.75 Å². The summed E-state index contributed by atoms with van der Waals surface area (Å²) < 4.78 is 11.0. The number of thiophene rings is 1. The maximum atomic E-state index is 13.0. The van der Waals surface area contributed by atoms with E-state index in [1.54, 1.807) is 44.3 Å². The Morgan fingerprint density at radius 2 is 1.76 bits per heavy atom. The fourth-order valence-electron chi connectivity index (χ4n) is 4.10. The molecule has 3 aromatic rings. The van der Waals surface area contributed by atoms with Crippen molar-refractivity contribution < 1.29 is 23.9 Å². The van der Waals surface area contributed by atoms with Crippen molar-refractivity contribution in [1.82, 2.24) is 5.43 Å². The molecule has 8 nitrogen and oxygen atoms in total. The van der Waals surface area contributed by atoms with Gasteiger partial charge in [0.15, 0.2) is 6.10 Å². The van der Waals surface area contributed by atoms with E-state index < -0.39 is 18.0 Å². The molecular weight excluding hydrogens is 502 g/mol. The van der Waals surface area contributed by atoms with Crippen LogP contribution in [0.1, 0.15) is 69.0 Å². The van der Waals surface area contributed by atoms with Crippen molar-refractivity contribution in [2.45, 2.75) is 52.6 Å². The number of hydrazone groups is 1. The second kappa shape index (κ2) is 12.5. The van der Waals surface area contributed by atoms with E-state index in [9.17, 15) is 14.4 Å². The van der Waals surface area contributed by atoms with Crippen LogP contribution in [0.25, 0.3) is 0 Å². The van der Waals surface area contributed by atoms with Gasteiger partial charge in [0.1, 0.15) is 10.8 Å². The van der Waals surface area contributed by atoms with Crippen LogP contribution in [0.15, 0.2) is 53.6 Å². The minimum absolute atomic E-state index is 0.272. The van der Waals surface area contributed by atoms with E-state index in [1.807, 2.05) is 31.2 Å². The third-order valence-electron chi connectivity index (χ3n) is 6.14. The number of carbonyl (C=O) groups excluding carboxylic acids is 3. The van der Waals surface area contributed by atoms with Gasteiger partial charge in [0.2, 0.25) is 0 Å². The van der Waals surface area contributed by atoms with Crippen molar-refractivity contribution in [2.24, 2.45) is 5.10 Å². The second-order valence-corrected chi connectivity index (χ2v) is 10.1. The van der Waals surface area contributed by atoms with E-state index in [0.29, 0.717) is 21.9 Å². The number of rotatable bonds is 9. The summed E-state index contributed by atoms with van der Waals surface area (Å²) in [6, 6.07) is 14.2. The molecule has 2 N–H and O–H groups in total. The molecule has 2 amide bonds. The SMILES string of the molecule is CCOC(=O)c1c(NC(=O)c2ccc(OC(C)C(=O)N/N=C/c3ccc(C)cc3)cc2)sc2c1CCCC2. The van der Waals surface area contributed by atoms with Crippen LogP contribution in [0, 0.1) is 6.92 Å². The largest absolute Gasteiger partial charge is 0.481 e. The first-order valence-electron chi connectivity index (χ1n) is 12.6. The van der Waals surface area contributed by atoms with E-state index in [4.69, 9.17) is 9.47 Å². The molecule has 4 rings (SSSR count). The molecule has 1 atom stereocenters. The highest BCUT2D eigenvalue weighted by Crippen LogP contribution is 2.38. The van der Waals surface area contributed by atoms with Crippen molar-refractivity contribution in [2.75, 3.05) is 11.9 Å². The molecule has 1 aliphatic carbocycles. The van der Waals surface area contributed by atoms with Crippen LogP contribution in [0.4, 0.5) is 5.00 Å². The summed E-state index contributed by atoms with van der Waals surface area (Å²) in [6.45, 7) is 5.65. The van der Waals surface area contributed by atoms with Gasteiger partial charge in [-0.3, -0.25) is 9.59 Å². The Balaban J connectivity index is 1.36. The van der Waals surface area contributed by atoms with E-state index in [1.165, 1.54) is 11.3 Å². The normalized spacial score (nSPS) is 13.4. The third kappa shape index (κ3) is 6.66. The number of hydrogen-bond acceptors (Lipinski definition) is 7. The molecule has 0 bridgehead atoms. The molecule has 0 radical (unpaired) electrons. The zero-order valence-corrected chi connectivity index (χ0v) is 22.5. The van der Waals surface area contributed by atoms with Gasteiger partial charge in [0, 0.05) is 10.4 Å². The van der Waals surface area contributed by atoms with E-state index >= 15 is 0 Å². The number of benzene rings is 2. The Bertz CT molecular complexity index is 1330. The van der Waals surface area contributed by atoms with Crippen LogP contribution in [0.2, 0.25) is 0 Å². The summed E-state index contributed by atoms with van der Waals surface area (Å²) in [6.07, 6.45) is 4.56. The smallest absolute Gasteiger partial charge is 0.341 e. The number of anilines is 1. The summed E-state index contributed by atoms with van der Waals surface area (Å²) in [5.41, 5.74) is 6.36. The van der Waals surface area contributed by atoms with Crippen molar-refractivity contribution >= 4 is 40.3 Å². The number of aryl methyl sites for hydroxylation is 2. The maximum Gasteiger partial charge on any atom is 0.341 e. The second-order valence-electron chi connectivity index (χ2n) is 9.02. The number of hydrogen-bond donors (Lipinski definition) is 2. The molecule has 0 spiro atoms. The molecule has 1 heterocycles. The summed E-state index contributed by atoms with van der Waals surface area (Å²) in [5, 5.41) is 7.40. The highest BCUT2D eigenvalue weighted by molar-refractivity contribution is 7.17. The molecule has 0 saturated carbocycles. The number of esters is 1. The summed E-state index contributed by atoms with van der Waals surface area (Å²) in [5.74, 6) is -0.702. The fraction of sp³-hybridized carbons (Fsp3) is 0.310. The van der Waals surface area contributed by atoms with Crippen molar-refractivity contribution in [3.8, 4) is 5.75 Å². The fourth-order valence-corrected chi connectivity index (χ4v) is 5.38. The summed E-state index contributed by atoms with van der Waals surface area (Å²) in [7, 11) is 0. The van der Waals surface area contributed by atoms with Crippen LogP contribution in [-0.4, -0.2) is 36.7 Å². The zero-order valence-electron chi connectivity index (χ0n) is 21.7. The van der Waals surface area contributed by atoms with Crippen molar-refractivity contribution in [1.29, 1.82) is 0 Å². The van der Waals surface area contributed by atoms with Gasteiger partial charge in [-0.25, -0.2) is 10.2 Å².